The van der Waals surface area contributed by atoms with Gasteiger partial charge in [0.05, 0.1) is 0 Å². The minimum Gasteiger partial charge on any atom is -0.462 e. The maximum Gasteiger partial charge on any atom is 0.306 e. The van der Waals surface area contributed by atoms with Crippen molar-refractivity contribution in [3.63, 3.8) is 0 Å². The largest absolute Gasteiger partial charge is 0.462 e. The molecule has 62 heavy (non-hydrogen) atoms. The fourth-order valence-corrected chi connectivity index (χ4v) is 7.01. The van der Waals surface area contributed by atoms with Gasteiger partial charge in [0.2, 0.25) is 0 Å². The van der Waals surface area contributed by atoms with Crippen molar-refractivity contribution in [1.82, 2.24) is 0 Å². The molecule has 0 aliphatic carbocycles. The minimum absolute atomic E-state index is 0.0996. The number of carbonyl (C=O) groups excluding carboxylic acids is 3. The molecule has 0 amide bonds. The molecule has 0 heterocycles. The van der Waals surface area contributed by atoms with Crippen LogP contribution in [0.3, 0.4) is 0 Å². The van der Waals surface area contributed by atoms with Crippen LogP contribution in [0.4, 0.5) is 0 Å². The molecule has 1 atom stereocenters. The van der Waals surface area contributed by atoms with Gasteiger partial charge in [-0.05, 0) is 109 Å². The molecule has 0 aromatic rings. The zero-order chi connectivity index (χ0) is 45.1. The molecule has 1 unspecified atom stereocenters. The number of unbranched alkanes of at least 4 members (excludes halogenated alkanes) is 23. The smallest absolute Gasteiger partial charge is 0.306 e. The van der Waals surface area contributed by atoms with Crippen LogP contribution >= 0.6 is 0 Å². The molecule has 0 N–H and O–H groups in total. The Morgan fingerprint density at radius 2 is 0.629 bits per heavy atom. The summed E-state index contributed by atoms with van der Waals surface area (Å²) in [5.74, 6) is -0.961. The van der Waals surface area contributed by atoms with Gasteiger partial charge in [-0.15, -0.1) is 0 Å². The molecule has 0 saturated carbocycles. The number of ether oxygens (including phenoxy) is 3. The Morgan fingerprint density at radius 3 is 1.00 bits per heavy atom. The molecule has 0 aliphatic rings. The molecule has 0 rings (SSSR count). The van der Waals surface area contributed by atoms with Crippen LogP contribution in [-0.4, -0.2) is 37.2 Å². The molecule has 0 bridgehead atoms. The van der Waals surface area contributed by atoms with Crippen LogP contribution in [0, 0.1) is 0 Å². The van der Waals surface area contributed by atoms with Crippen LogP contribution in [0.5, 0.6) is 0 Å². The standard InChI is InChI=1S/C56H96O6/c1-4-7-10-13-16-19-22-25-28-29-32-34-37-40-43-46-49-55(58)61-52-53(62-56(59)50-47-44-41-38-35-31-27-24-21-18-15-12-9-6-3)51-60-54(57)48-45-42-39-36-33-30-26-23-20-17-14-11-8-5-2/h7,10,16,19,25,28,30-35,53H,4-6,8-9,11-15,17-18,20-24,26-27,29,36-52H2,1-3H3/b10-7-,19-16-,28-25-,33-30-,34-32-,35-31-. The second-order valence-electron chi connectivity index (χ2n) is 17.0. The second kappa shape index (κ2) is 50.5. The molecule has 0 saturated heterocycles. The SMILES string of the molecule is CC/C=C\C/C=C\C/C=C\C/C=C\CCCCCC(=O)OCC(COC(=O)CCCCC/C=C\CCCCCCCCC)OC(=O)CCCCC/C=C\CCCCCCCCC. The van der Waals surface area contributed by atoms with Crippen molar-refractivity contribution in [2.75, 3.05) is 13.2 Å². The summed E-state index contributed by atoms with van der Waals surface area (Å²) >= 11 is 0. The van der Waals surface area contributed by atoms with E-state index in [2.05, 4.69) is 93.7 Å². The first kappa shape index (κ1) is 58.9. The lowest BCUT2D eigenvalue weighted by atomic mass is 10.1. The fraction of sp³-hybridized carbons (Fsp3) is 0.732. The van der Waals surface area contributed by atoms with Crippen molar-refractivity contribution in [3.05, 3.63) is 72.9 Å². The number of rotatable bonds is 46. The summed E-state index contributed by atoms with van der Waals surface area (Å²) in [5.41, 5.74) is 0. The molecule has 356 valence electrons. The Labute approximate surface area is 382 Å². The van der Waals surface area contributed by atoms with Crippen molar-refractivity contribution in [3.8, 4) is 0 Å². The zero-order valence-electron chi connectivity index (χ0n) is 40.6. The summed E-state index contributed by atoms with van der Waals surface area (Å²) in [6.07, 6.45) is 63.1. The lowest BCUT2D eigenvalue weighted by Crippen LogP contribution is -2.30. The predicted molar refractivity (Wildman–Crippen MR) is 265 cm³/mol. The number of esters is 3. The lowest BCUT2D eigenvalue weighted by molar-refractivity contribution is -0.167. The Kier molecular flexibility index (Phi) is 47.9. The molecule has 6 heteroatoms. The molecule has 0 spiro atoms. The van der Waals surface area contributed by atoms with Gasteiger partial charge >= 0.3 is 17.9 Å². The topological polar surface area (TPSA) is 78.9 Å². The van der Waals surface area contributed by atoms with Gasteiger partial charge in [-0.2, -0.15) is 0 Å². The molecule has 0 aromatic heterocycles. The van der Waals surface area contributed by atoms with Crippen LogP contribution in [0.25, 0.3) is 0 Å². The summed E-state index contributed by atoms with van der Waals surface area (Å²) in [5, 5.41) is 0. The summed E-state index contributed by atoms with van der Waals surface area (Å²) in [4.78, 5) is 38.0. The monoisotopic (exact) mass is 865 g/mol. The van der Waals surface area contributed by atoms with Crippen LogP contribution in [-0.2, 0) is 28.6 Å². The average Bonchev–Trinajstić information content (AvgIpc) is 3.27. The highest BCUT2D eigenvalue weighted by molar-refractivity contribution is 5.71. The van der Waals surface area contributed by atoms with Gasteiger partial charge in [0.15, 0.2) is 6.10 Å². The van der Waals surface area contributed by atoms with Gasteiger partial charge in [0, 0.05) is 19.3 Å². The molecular formula is C56H96O6. The maximum atomic E-state index is 12.8. The van der Waals surface area contributed by atoms with Crippen molar-refractivity contribution >= 4 is 17.9 Å². The Balaban J connectivity index is 4.48. The third-order valence-corrected chi connectivity index (χ3v) is 10.9. The normalized spacial score (nSPS) is 12.6. The van der Waals surface area contributed by atoms with Gasteiger partial charge in [0.25, 0.3) is 0 Å². The quantitative estimate of drug-likeness (QED) is 0.0262. The molecule has 0 aromatic carbocycles. The average molecular weight is 865 g/mol. The molecule has 0 aliphatic heterocycles. The number of hydrogen-bond acceptors (Lipinski definition) is 6. The Morgan fingerprint density at radius 1 is 0.339 bits per heavy atom. The molecule has 6 nitrogen and oxygen atoms in total. The summed E-state index contributed by atoms with van der Waals surface area (Å²) in [6, 6.07) is 0. The van der Waals surface area contributed by atoms with E-state index in [1.165, 1.54) is 89.9 Å². The van der Waals surface area contributed by atoms with Crippen LogP contribution in [0.15, 0.2) is 72.9 Å². The van der Waals surface area contributed by atoms with E-state index in [1.807, 2.05) is 0 Å². The highest BCUT2D eigenvalue weighted by Gasteiger charge is 2.19. The van der Waals surface area contributed by atoms with Crippen LogP contribution < -0.4 is 0 Å². The first-order valence-electron chi connectivity index (χ1n) is 25.9. The van der Waals surface area contributed by atoms with Gasteiger partial charge in [-0.25, -0.2) is 0 Å². The molecular weight excluding hydrogens is 769 g/mol. The molecule has 0 radical (unpaired) electrons. The molecule has 0 fully saturated rings. The summed E-state index contributed by atoms with van der Waals surface area (Å²) in [6.45, 7) is 6.46. The van der Waals surface area contributed by atoms with E-state index >= 15 is 0 Å². The number of carbonyl (C=O) groups is 3. The van der Waals surface area contributed by atoms with E-state index < -0.39 is 6.10 Å². The fourth-order valence-electron chi connectivity index (χ4n) is 7.01. The Bertz CT molecular complexity index is 1180. The van der Waals surface area contributed by atoms with Gasteiger partial charge in [-0.1, -0.05) is 190 Å². The van der Waals surface area contributed by atoms with E-state index in [-0.39, 0.29) is 31.1 Å². The first-order chi connectivity index (χ1) is 30.5. The van der Waals surface area contributed by atoms with Crippen molar-refractivity contribution < 1.29 is 28.6 Å². The van der Waals surface area contributed by atoms with Crippen LogP contribution in [0.1, 0.15) is 245 Å². The third-order valence-electron chi connectivity index (χ3n) is 10.9. The third kappa shape index (κ3) is 47.9. The van der Waals surface area contributed by atoms with Gasteiger partial charge in [-0.3, -0.25) is 14.4 Å². The number of allylic oxidation sites excluding steroid dienone is 12. The van der Waals surface area contributed by atoms with E-state index in [4.69, 9.17) is 14.2 Å². The second-order valence-corrected chi connectivity index (χ2v) is 17.0. The van der Waals surface area contributed by atoms with Crippen molar-refractivity contribution in [1.29, 1.82) is 0 Å². The summed E-state index contributed by atoms with van der Waals surface area (Å²) < 4.78 is 16.7. The Hall–Kier alpha value is -3.15. The van der Waals surface area contributed by atoms with Crippen molar-refractivity contribution in [2.45, 2.75) is 252 Å². The van der Waals surface area contributed by atoms with Gasteiger partial charge in [0.1, 0.15) is 13.2 Å². The highest BCUT2D eigenvalue weighted by atomic mass is 16.6. The highest BCUT2D eigenvalue weighted by Crippen LogP contribution is 2.13. The lowest BCUT2D eigenvalue weighted by Gasteiger charge is -2.18. The van der Waals surface area contributed by atoms with Crippen LogP contribution in [0.2, 0.25) is 0 Å². The van der Waals surface area contributed by atoms with Gasteiger partial charge < -0.3 is 14.2 Å². The predicted octanol–water partition coefficient (Wildman–Crippen LogP) is 17.0. The maximum absolute atomic E-state index is 12.8. The van der Waals surface area contributed by atoms with E-state index in [1.54, 1.807) is 0 Å². The minimum atomic E-state index is -0.801. The van der Waals surface area contributed by atoms with E-state index in [0.29, 0.717) is 19.3 Å². The van der Waals surface area contributed by atoms with E-state index in [0.717, 1.165) is 116 Å². The summed E-state index contributed by atoms with van der Waals surface area (Å²) in [7, 11) is 0. The van der Waals surface area contributed by atoms with Crippen molar-refractivity contribution in [2.24, 2.45) is 0 Å². The first-order valence-corrected chi connectivity index (χ1v) is 25.9. The zero-order valence-corrected chi connectivity index (χ0v) is 40.6. The van der Waals surface area contributed by atoms with E-state index in [9.17, 15) is 14.4 Å². The number of hydrogen-bond donors (Lipinski definition) is 0.